The third-order valence-electron chi connectivity index (χ3n) is 1.98. The van der Waals surface area contributed by atoms with E-state index >= 15 is 0 Å². The van der Waals surface area contributed by atoms with Crippen LogP contribution in [0.1, 0.15) is 12.5 Å². The quantitative estimate of drug-likeness (QED) is 0.761. The van der Waals surface area contributed by atoms with Crippen LogP contribution in [0.25, 0.3) is 0 Å². The molecule has 0 aromatic heterocycles. The highest BCUT2D eigenvalue weighted by atomic mass is 79.9. The van der Waals surface area contributed by atoms with Gasteiger partial charge in [-0.15, -0.1) is 0 Å². The molecule has 0 N–H and O–H groups in total. The second kappa shape index (κ2) is 2.87. The minimum atomic E-state index is -0.366. The average Bonchev–Trinajstić information content (AvgIpc) is 2.75. The Morgan fingerprint density at radius 3 is 2.69 bits per heavy atom. The molecule has 13 heavy (non-hydrogen) atoms. The summed E-state index contributed by atoms with van der Waals surface area (Å²) in [5.41, 5.74) is 0.296. The van der Waals surface area contributed by atoms with Crippen molar-refractivity contribution in [1.82, 2.24) is 0 Å². The third-order valence-corrected chi connectivity index (χ3v) is 2.48. The van der Waals surface area contributed by atoms with Crippen LogP contribution in [-0.4, -0.2) is 5.66 Å². The molecule has 68 valence electrons. The number of halogens is 2. The molecular formula is C9H8BrFN2. The van der Waals surface area contributed by atoms with Crippen LogP contribution in [-0.2, 0) is 6.42 Å². The highest BCUT2D eigenvalue weighted by Crippen LogP contribution is 2.32. The molecule has 0 saturated carbocycles. The molecule has 0 bridgehead atoms. The molecule has 1 aliphatic rings. The lowest BCUT2D eigenvalue weighted by atomic mass is 10.0. The van der Waals surface area contributed by atoms with E-state index in [-0.39, 0.29) is 11.5 Å². The molecule has 0 saturated heterocycles. The molecule has 0 amide bonds. The molecule has 1 aromatic rings. The van der Waals surface area contributed by atoms with E-state index in [1.54, 1.807) is 6.07 Å². The Bertz CT molecular complexity index is 370. The number of hydrogen-bond donors (Lipinski definition) is 0. The minimum Gasteiger partial charge on any atom is -0.207 e. The Morgan fingerprint density at radius 2 is 2.15 bits per heavy atom. The number of hydrogen-bond acceptors (Lipinski definition) is 2. The lowest BCUT2D eigenvalue weighted by molar-refractivity contribution is 0.578. The maximum atomic E-state index is 13.3. The Labute approximate surface area is 84.0 Å². The molecule has 2 rings (SSSR count). The zero-order valence-electron chi connectivity index (χ0n) is 7.09. The fourth-order valence-electron chi connectivity index (χ4n) is 1.18. The molecule has 0 unspecified atom stereocenters. The monoisotopic (exact) mass is 242 g/mol. The first-order valence-electron chi connectivity index (χ1n) is 3.97. The fourth-order valence-corrected chi connectivity index (χ4v) is 1.52. The van der Waals surface area contributed by atoms with Gasteiger partial charge in [0.15, 0.2) is 5.66 Å². The standard InChI is InChI=1S/C9H8BrFN2/c1-9(12-13-9)5-6-2-3-7(10)4-8(6)11/h2-4H,5H2,1H3. The van der Waals surface area contributed by atoms with Crippen LogP contribution in [0.15, 0.2) is 32.9 Å². The van der Waals surface area contributed by atoms with Gasteiger partial charge in [0.05, 0.1) is 0 Å². The summed E-state index contributed by atoms with van der Waals surface area (Å²) in [6.07, 6.45) is 0.548. The highest BCUT2D eigenvalue weighted by molar-refractivity contribution is 9.10. The van der Waals surface area contributed by atoms with Crippen molar-refractivity contribution in [2.45, 2.75) is 19.0 Å². The molecule has 0 atom stereocenters. The molecule has 0 spiro atoms. The van der Waals surface area contributed by atoms with E-state index in [0.29, 0.717) is 12.0 Å². The van der Waals surface area contributed by atoms with E-state index in [9.17, 15) is 4.39 Å². The van der Waals surface area contributed by atoms with E-state index in [2.05, 4.69) is 26.2 Å². The SMILES string of the molecule is CC1(Cc2ccc(Br)cc2F)N=N1. The van der Waals surface area contributed by atoms with Crippen molar-refractivity contribution in [1.29, 1.82) is 0 Å². The lowest BCUT2D eigenvalue weighted by Crippen LogP contribution is -2.09. The predicted molar refractivity (Wildman–Crippen MR) is 51.1 cm³/mol. The minimum absolute atomic E-state index is 0.201. The Balaban J connectivity index is 2.21. The van der Waals surface area contributed by atoms with Gasteiger partial charge in [-0.25, -0.2) is 4.39 Å². The van der Waals surface area contributed by atoms with Gasteiger partial charge >= 0.3 is 0 Å². The Morgan fingerprint density at radius 1 is 1.46 bits per heavy atom. The van der Waals surface area contributed by atoms with Crippen molar-refractivity contribution >= 4 is 15.9 Å². The maximum absolute atomic E-state index is 13.3. The summed E-state index contributed by atoms with van der Waals surface area (Å²) < 4.78 is 14.0. The lowest BCUT2D eigenvalue weighted by Gasteiger charge is -2.05. The van der Waals surface area contributed by atoms with Crippen LogP contribution in [0.4, 0.5) is 4.39 Å². The van der Waals surface area contributed by atoms with Crippen LogP contribution in [0.2, 0.25) is 0 Å². The molecular weight excluding hydrogens is 235 g/mol. The van der Waals surface area contributed by atoms with Gasteiger partial charge in [-0.3, -0.25) is 0 Å². The molecule has 0 radical (unpaired) electrons. The van der Waals surface area contributed by atoms with Crippen molar-refractivity contribution in [3.05, 3.63) is 34.1 Å². The number of benzene rings is 1. The Kier molecular flexibility index (Phi) is 1.95. The largest absolute Gasteiger partial charge is 0.207 e. The van der Waals surface area contributed by atoms with Gasteiger partial charge in [-0.1, -0.05) is 22.0 Å². The van der Waals surface area contributed by atoms with Crippen LogP contribution >= 0.6 is 15.9 Å². The summed E-state index contributed by atoms with van der Waals surface area (Å²) >= 11 is 3.20. The molecule has 0 aliphatic carbocycles. The van der Waals surface area contributed by atoms with Crippen molar-refractivity contribution in [2.75, 3.05) is 0 Å². The van der Waals surface area contributed by atoms with Crippen LogP contribution < -0.4 is 0 Å². The molecule has 2 nitrogen and oxygen atoms in total. The summed E-state index contributed by atoms with van der Waals surface area (Å²) in [4.78, 5) is 0. The van der Waals surface area contributed by atoms with E-state index in [1.807, 2.05) is 13.0 Å². The topological polar surface area (TPSA) is 24.7 Å². The normalized spacial score (nSPS) is 17.5. The van der Waals surface area contributed by atoms with Crippen molar-refractivity contribution in [3.63, 3.8) is 0 Å². The summed E-state index contributed by atoms with van der Waals surface area (Å²) in [6, 6.07) is 5.04. The highest BCUT2D eigenvalue weighted by Gasteiger charge is 2.34. The van der Waals surface area contributed by atoms with Gasteiger partial charge in [0.25, 0.3) is 0 Å². The number of rotatable bonds is 2. The zero-order chi connectivity index (χ0) is 9.47. The van der Waals surface area contributed by atoms with Crippen LogP contribution in [0.3, 0.4) is 0 Å². The maximum Gasteiger partial charge on any atom is 0.192 e. The van der Waals surface area contributed by atoms with E-state index < -0.39 is 0 Å². The fraction of sp³-hybridized carbons (Fsp3) is 0.333. The van der Waals surface area contributed by atoms with E-state index in [0.717, 1.165) is 4.47 Å². The summed E-state index contributed by atoms with van der Waals surface area (Å²) in [5, 5.41) is 7.68. The van der Waals surface area contributed by atoms with Gasteiger partial charge in [-0.2, -0.15) is 10.2 Å². The second-order valence-corrected chi connectivity index (χ2v) is 4.25. The van der Waals surface area contributed by atoms with Gasteiger partial charge in [0, 0.05) is 10.9 Å². The second-order valence-electron chi connectivity index (χ2n) is 3.33. The molecule has 1 aromatic carbocycles. The first-order valence-corrected chi connectivity index (χ1v) is 4.76. The van der Waals surface area contributed by atoms with Gasteiger partial charge < -0.3 is 0 Å². The first kappa shape index (κ1) is 8.81. The molecule has 1 heterocycles. The number of nitrogens with zero attached hydrogens (tertiary/aromatic N) is 2. The van der Waals surface area contributed by atoms with Crippen LogP contribution in [0, 0.1) is 5.82 Å². The summed E-state index contributed by atoms with van der Waals surface area (Å²) in [7, 11) is 0. The van der Waals surface area contributed by atoms with Gasteiger partial charge in [-0.05, 0) is 24.6 Å². The van der Waals surface area contributed by atoms with Gasteiger partial charge in [0.1, 0.15) is 5.82 Å². The summed E-state index contributed by atoms with van der Waals surface area (Å²) in [6.45, 7) is 1.88. The molecule has 1 aliphatic heterocycles. The van der Waals surface area contributed by atoms with E-state index in [4.69, 9.17) is 0 Å². The van der Waals surface area contributed by atoms with Crippen molar-refractivity contribution < 1.29 is 4.39 Å². The van der Waals surface area contributed by atoms with Crippen LogP contribution in [0.5, 0.6) is 0 Å². The molecule has 4 heteroatoms. The smallest absolute Gasteiger partial charge is 0.192 e. The van der Waals surface area contributed by atoms with Crippen molar-refractivity contribution in [2.24, 2.45) is 10.2 Å². The van der Waals surface area contributed by atoms with Gasteiger partial charge in [0.2, 0.25) is 0 Å². The summed E-state index contributed by atoms with van der Waals surface area (Å²) in [5.74, 6) is -0.201. The zero-order valence-corrected chi connectivity index (χ0v) is 8.68. The van der Waals surface area contributed by atoms with E-state index in [1.165, 1.54) is 6.07 Å². The Hall–Kier alpha value is -0.770. The first-order chi connectivity index (χ1) is 6.09. The van der Waals surface area contributed by atoms with Crippen molar-refractivity contribution in [3.8, 4) is 0 Å². The molecule has 0 fully saturated rings. The predicted octanol–water partition coefficient (Wildman–Crippen LogP) is 3.31. The average molecular weight is 243 g/mol. The third kappa shape index (κ3) is 1.94.